The Kier molecular flexibility index (Phi) is 7.35. The third-order valence-corrected chi connectivity index (χ3v) is 6.83. The number of likely N-dealkylation sites (tertiary alicyclic amines) is 1. The first-order valence-corrected chi connectivity index (χ1v) is 11.9. The number of benzene rings is 1. The number of hydrogen-bond donors (Lipinski definition) is 2. The molecule has 0 unspecified atom stereocenters. The van der Waals surface area contributed by atoms with E-state index in [4.69, 9.17) is 22.1 Å². The maximum atomic E-state index is 13.4. The normalized spacial score (nSPS) is 21.5. The Hall–Kier alpha value is -3.46. The number of nitrogens with two attached hydrogens (primary N) is 1. The molecule has 4 rings (SSSR count). The van der Waals surface area contributed by atoms with Crippen LogP contribution in [-0.4, -0.2) is 58.9 Å². The largest absolute Gasteiger partial charge is 0.497 e. The van der Waals surface area contributed by atoms with E-state index in [-0.39, 0.29) is 47.0 Å². The Morgan fingerprint density at radius 3 is 2.77 bits per heavy atom. The SMILES string of the molecule is COc1ccc(N)c(C(=NCC(=O)N2[C@H](C(=O)Nc3cccc(Cl)n3)C[C@@H]3CCC[C@@H]32)C(C)=O)c1. The van der Waals surface area contributed by atoms with Crippen molar-refractivity contribution in [3.8, 4) is 5.75 Å². The van der Waals surface area contributed by atoms with Gasteiger partial charge in [0.2, 0.25) is 11.8 Å². The van der Waals surface area contributed by atoms with E-state index in [1.54, 1.807) is 41.3 Å². The summed E-state index contributed by atoms with van der Waals surface area (Å²) in [6.07, 6.45) is 3.39. The number of rotatable bonds is 7. The van der Waals surface area contributed by atoms with Gasteiger partial charge in [-0.15, -0.1) is 0 Å². The van der Waals surface area contributed by atoms with Gasteiger partial charge >= 0.3 is 0 Å². The molecule has 2 fully saturated rings. The number of halogens is 1. The number of ketones is 1. The lowest BCUT2D eigenvalue weighted by atomic mass is 10.0. The van der Waals surface area contributed by atoms with Crippen molar-refractivity contribution in [3.05, 3.63) is 47.1 Å². The fourth-order valence-electron chi connectivity index (χ4n) is 5.05. The van der Waals surface area contributed by atoms with Gasteiger partial charge in [-0.2, -0.15) is 0 Å². The zero-order valence-electron chi connectivity index (χ0n) is 19.7. The molecule has 0 spiro atoms. The molecule has 1 aliphatic carbocycles. The van der Waals surface area contributed by atoms with E-state index >= 15 is 0 Å². The minimum atomic E-state index is -0.642. The summed E-state index contributed by atoms with van der Waals surface area (Å²) >= 11 is 5.94. The molecular formula is C25H28ClN5O4. The van der Waals surface area contributed by atoms with E-state index in [9.17, 15) is 14.4 Å². The summed E-state index contributed by atoms with van der Waals surface area (Å²) in [5.41, 5.74) is 6.94. The molecule has 184 valence electrons. The third kappa shape index (κ3) is 5.30. The molecule has 3 atom stereocenters. The fourth-order valence-corrected chi connectivity index (χ4v) is 5.22. The molecule has 1 aromatic heterocycles. The van der Waals surface area contributed by atoms with Crippen LogP contribution in [0.15, 0.2) is 41.4 Å². The van der Waals surface area contributed by atoms with Gasteiger partial charge in [0.25, 0.3) is 0 Å². The predicted molar refractivity (Wildman–Crippen MR) is 134 cm³/mol. The van der Waals surface area contributed by atoms with Gasteiger partial charge in [-0.25, -0.2) is 4.98 Å². The first-order valence-electron chi connectivity index (χ1n) is 11.5. The number of nitrogen functional groups attached to an aromatic ring is 1. The van der Waals surface area contributed by atoms with Crippen LogP contribution in [0.2, 0.25) is 5.15 Å². The van der Waals surface area contributed by atoms with Crippen molar-refractivity contribution in [1.82, 2.24) is 9.88 Å². The maximum Gasteiger partial charge on any atom is 0.248 e. The Morgan fingerprint density at radius 1 is 1.26 bits per heavy atom. The average Bonchev–Trinajstić information content (AvgIpc) is 3.41. The summed E-state index contributed by atoms with van der Waals surface area (Å²) in [6.45, 7) is 1.10. The van der Waals surface area contributed by atoms with E-state index < -0.39 is 6.04 Å². The molecule has 0 radical (unpaired) electrons. The van der Waals surface area contributed by atoms with Crippen molar-refractivity contribution < 1.29 is 19.1 Å². The van der Waals surface area contributed by atoms with Crippen LogP contribution in [-0.2, 0) is 14.4 Å². The molecule has 10 heteroatoms. The maximum absolute atomic E-state index is 13.4. The second kappa shape index (κ2) is 10.4. The van der Waals surface area contributed by atoms with Gasteiger partial charge < -0.3 is 20.7 Å². The zero-order valence-corrected chi connectivity index (χ0v) is 20.4. The number of ether oxygens (including phenoxy) is 1. The fraction of sp³-hybridized carbons (Fsp3) is 0.400. The number of carbonyl (C=O) groups is 3. The standard InChI is InChI=1S/C25H28ClN5O4/c1-14(32)24(17-12-16(35-2)9-10-18(17)27)28-13-23(33)31-19-6-3-5-15(19)11-20(31)25(34)30-22-8-4-7-21(26)29-22/h4,7-10,12,15,19-20H,3,5-6,11,13,27H2,1-2H3,(H,29,30,34)/t15-,19-,20-/m0/s1. The minimum Gasteiger partial charge on any atom is -0.497 e. The number of methoxy groups -OCH3 is 1. The van der Waals surface area contributed by atoms with Gasteiger partial charge in [0.15, 0.2) is 5.78 Å². The predicted octanol–water partition coefficient (Wildman–Crippen LogP) is 3.11. The molecular weight excluding hydrogens is 470 g/mol. The first-order chi connectivity index (χ1) is 16.8. The van der Waals surface area contributed by atoms with Crippen LogP contribution in [0.4, 0.5) is 11.5 Å². The van der Waals surface area contributed by atoms with Crippen molar-refractivity contribution in [3.63, 3.8) is 0 Å². The van der Waals surface area contributed by atoms with Crippen LogP contribution in [0, 0.1) is 5.92 Å². The number of amides is 2. The summed E-state index contributed by atoms with van der Waals surface area (Å²) in [6, 6.07) is 9.23. The van der Waals surface area contributed by atoms with Crippen LogP contribution >= 0.6 is 11.6 Å². The van der Waals surface area contributed by atoms with Crippen molar-refractivity contribution in [1.29, 1.82) is 0 Å². The Labute approximate surface area is 208 Å². The lowest BCUT2D eigenvalue weighted by Gasteiger charge is -2.28. The zero-order chi connectivity index (χ0) is 25.1. The molecule has 2 heterocycles. The number of nitrogens with one attached hydrogen (secondary N) is 1. The average molecular weight is 498 g/mol. The third-order valence-electron chi connectivity index (χ3n) is 6.62. The Morgan fingerprint density at radius 2 is 2.06 bits per heavy atom. The highest BCUT2D eigenvalue weighted by molar-refractivity contribution is 6.46. The molecule has 2 amide bonds. The van der Waals surface area contributed by atoms with Crippen molar-refractivity contribution in [2.45, 2.75) is 44.7 Å². The van der Waals surface area contributed by atoms with Gasteiger partial charge in [-0.3, -0.25) is 19.4 Å². The van der Waals surface area contributed by atoms with Crippen molar-refractivity contribution >= 4 is 46.4 Å². The lowest BCUT2D eigenvalue weighted by molar-refractivity contribution is -0.137. The number of hydrogen-bond acceptors (Lipinski definition) is 7. The summed E-state index contributed by atoms with van der Waals surface area (Å²) < 4.78 is 5.24. The summed E-state index contributed by atoms with van der Waals surface area (Å²) in [5, 5.41) is 3.04. The van der Waals surface area contributed by atoms with Crippen LogP contribution < -0.4 is 15.8 Å². The number of aromatic nitrogens is 1. The number of Topliss-reactive ketones (excluding diaryl/α,β-unsaturated/α-hetero) is 1. The van der Waals surface area contributed by atoms with Gasteiger partial charge in [-0.1, -0.05) is 24.1 Å². The topological polar surface area (TPSA) is 127 Å². The van der Waals surface area contributed by atoms with E-state index in [1.165, 1.54) is 14.0 Å². The molecule has 1 saturated carbocycles. The number of aliphatic imine (C=N–C) groups is 1. The van der Waals surface area contributed by atoms with Crippen molar-refractivity contribution in [2.24, 2.45) is 10.9 Å². The molecule has 1 aromatic carbocycles. The highest BCUT2D eigenvalue weighted by Crippen LogP contribution is 2.41. The quantitative estimate of drug-likeness (QED) is 0.344. The van der Waals surface area contributed by atoms with Crippen LogP contribution in [0.1, 0.15) is 38.2 Å². The molecule has 1 aliphatic heterocycles. The second-order valence-corrected chi connectivity index (χ2v) is 9.21. The molecule has 2 aliphatic rings. The summed E-state index contributed by atoms with van der Waals surface area (Å²) in [5.74, 6) is 0.173. The number of carbonyl (C=O) groups excluding carboxylic acids is 3. The Balaban J connectivity index is 1.57. The van der Waals surface area contributed by atoms with E-state index in [2.05, 4.69) is 15.3 Å². The second-order valence-electron chi connectivity index (χ2n) is 8.82. The number of fused-ring (bicyclic) bond motifs is 1. The minimum absolute atomic E-state index is 0.0246. The molecule has 1 saturated heterocycles. The first kappa shape index (κ1) is 24.7. The van der Waals surface area contributed by atoms with Gasteiger partial charge in [-0.05, 0) is 55.5 Å². The molecule has 0 bridgehead atoms. The van der Waals surface area contributed by atoms with Crippen molar-refractivity contribution in [2.75, 3.05) is 24.7 Å². The van der Waals surface area contributed by atoms with E-state index in [0.717, 1.165) is 19.3 Å². The van der Waals surface area contributed by atoms with Crippen LogP contribution in [0.5, 0.6) is 5.75 Å². The Bertz CT molecular complexity index is 1180. The van der Waals surface area contributed by atoms with E-state index in [1.807, 2.05) is 0 Å². The number of nitrogens with zero attached hydrogens (tertiary/aromatic N) is 3. The smallest absolute Gasteiger partial charge is 0.248 e. The van der Waals surface area contributed by atoms with E-state index in [0.29, 0.717) is 29.2 Å². The molecule has 35 heavy (non-hydrogen) atoms. The highest BCUT2D eigenvalue weighted by Gasteiger charge is 2.48. The lowest BCUT2D eigenvalue weighted by Crippen LogP contribution is -2.48. The van der Waals surface area contributed by atoms with Crippen LogP contribution in [0.3, 0.4) is 0 Å². The monoisotopic (exact) mass is 497 g/mol. The molecule has 9 nitrogen and oxygen atoms in total. The summed E-state index contributed by atoms with van der Waals surface area (Å²) in [7, 11) is 1.51. The number of pyridine rings is 1. The summed E-state index contributed by atoms with van der Waals surface area (Å²) in [4.78, 5) is 49.1. The van der Waals surface area contributed by atoms with Gasteiger partial charge in [0, 0.05) is 24.2 Å². The highest BCUT2D eigenvalue weighted by atomic mass is 35.5. The number of anilines is 2. The molecule has 2 aromatic rings. The van der Waals surface area contributed by atoms with Crippen LogP contribution in [0.25, 0.3) is 0 Å². The van der Waals surface area contributed by atoms with Gasteiger partial charge in [0.1, 0.15) is 35.0 Å². The van der Waals surface area contributed by atoms with Gasteiger partial charge in [0.05, 0.1) is 7.11 Å². The molecule has 3 N–H and O–H groups in total.